The van der Waals surface area contributed by atoms with Crippen LogP contribution in [0.2, 0.25) is 0 Å². The number of aliphatic hydroxyl groups excluding tert-OH is 1. The lowest BCUT2D eigenvalue weighted by Crippen LogP contribution is -2.29. The second-order valence-corrected chi connectivity index (χ2v) is 4.81. The Morgan fingerprint density at radius 1 is 1.71 bits per heavy atom. The molecule has 0 bridgehead atoms. The van der Waals surface area contributed by atoms with Gasteiger partial charge in [-0.05, 0) is 19.4 Å². The van der Waals surface area contributed by atoms with Crippen LogP contribution >= 0.6 is 0 Å². The molecule has 3 unspecified atom stereocenters. The third-order valence-electron chi connectivity index (χ3n) is 3.37. The first-order valence-corrected chi connectivity index (χ1v) is 6.74. The Morgan fingerprint density at radius 2 is 2.48 bits per heavy atom. The van der Waals surface area contributed by atoms with Crippen molar-refractivity contribution in [2.75, 3.05) is 18.5 Å². The van der Waals surface area contributed by atoms with Gasteiger partial charge < -0.3 is 15.2 Å². The number of aromatic nitrogens is 2. The Balaban J connectivity index is 2.29. The highest BCUT2D eigenvalue weighted by Crippen LogP contribution is 2.30. The summed E-state index contributed by atoms with van der Waals surface area (Å²) in [6, 6.07) is -0.495. The normalized spacial score (nSPS) is 24.6. The van der Waals surface area contributed by atoms with Gasteiger partial charge in [0, 0.05) is 29.6 Å². The minimum Gasteiger partial charge on any atom is -0.394 e. The monoisotopic (exact) mass is 294 g/mol. The smallest absolute Gasteiger partial charge is 0.351 e. The number of hydrogen-bond donors (Lipinski definition) is 2. The predicted molar refractivity (Wildman–Crippen MR) is 75.9 cm³/mol. The largest absolute Gasteiger partial charge is 0.394 e. The lowest BCUT2D eigenvalue weighted by Gasteiger charge is -2.16. The number of aliphatic hydroxyl groups is 1. The van der Waals surface area contributed by atoms with E-state index in [1.165, 1.54) is 4.57 Å². The van der Waals surface area contributed by atoms with Gasteiger partial charge in [-0.1, -0.05) is 5.11 Å². The third kappa shape index (κ3) is 3.15. The highest BCUT2D eigenvalue weighted by molar-refractivity contribution is 5.41. The number of ether oxygens (including phenoxy) is 1. The van der Waals surface area contributed by atoms with E-state index in [1.807, 2.05) is 13.8 Å². The topological polar surface area (TPSA) is 125 Å². The molecule has 2 heterocycles. The number of hydrogen-bond acceptors (Lipinski definition) is 6. The molecule has 21 heavy (non-hydrogen) atoms. The van der Waals surface area contributed by atoms with Gasteiger partial charge in [-0.15, -0.1) is 0 Å². The molecule has 0 aliphatic carbocycles. The first-order chi connectivity index (χ1) is 10.1. The molecule has 1 fully saturated rings. The van der Waals surface area contributed by atoms with E-state index in [1.54, 1.807) is 6.20 Å². The summed E-state index contributed by atoms with van der Waals surface area (Å²) in [5.74, 6) is 0.544. The number of nitrogens with zero attached hydrogens (tertiary/aromatic N) is 5. The number of aryl methyl sites for hydroxylation is 1. The summed E-state index contributed by atoms with van der Waals surface area (Å²) >= 11 is 0. The summed E-state index contributed by atoms with van der Waals surface area (Å²) in [5.41, 5.74) is 8.89. The molecule has 114 valence electrons. The minimum atomic E-state index is -0.605. The molecule has 0 aromatic carbocycles. The molecule has 0 radical (unpaired) electrons. The maximum absolute atomic E-state index is 12.1. The number of nitrogens with one attached hydrogen (secondary N) is 1. The van der Waals surface area contributed by atoms with Crippen molar-refractivity contribution in [2.24, 2.45) is 5.11 Å². The fourth-order valence-corrected chi connectivity index (χ4v) is 2.36. The van der Waals surface area contributed by atoms with Crippen molar-refractivity contribution in [1.82, 2.24) is 9.55 Å². The van der Waals surface area contributed by atoms with Crippen molar-refractivity contribution in [2.45, 2.75) is 38.6 Å². The van der Waals surface area contributed by atoms with Crippen LogP contribution < -0.4 is 11.0 Å². The van der Waals surface area contributed by atoms with Gasteiger partial charge in [0.15, 0.2) is 0 Å². The zero-order valence-corrected chi connectivity index (χ0v) is 11.9. The molecular formula is C12H18N6O3. The van der Waals surface area contributed by atoms with E-state index in [9.17, 15) is 9.90 Å². The first kappa shape index (κ1) is 15.3. The van der Waals surface area contributed by atoms with Crippen LogP contribution in [0.4, 0.5) is 5.82 Å². The van der Waals surface area contributed by atoms with Crippen LogP contribution in [0.1, 0.15) is 25.1 Å². The van der Waals surface area contributed by atoms with Crippen molar-refractivity contribution in [3.63, 3.8) is 0 Å². The third-order valence-corrected chi connectivity index (χ3v) is 3.37. The van der Waals surface area contributed by atoms with Crippen LogP contribution in [0.15, 0.2) is 16.1 Å². The Bertz CT molecular complexity index is 610. The molecule has 9 heteroatoms. The second-order valence-electron chi connectivity index (χ2n) is 4.81. The second kappa shape index (κ2) is 6.57. The molecule has 1 aromatic rings. The molecule has 1 saturated heterocycles. The van der Waals surface area contributed by atoms with Crippen LogP contribution in [-0.4, -0.2) is 40.0 Å². The quantitative estimate of drug-likeness (QED) is 0.475. The Morgan fingerprint density at radius 3 is 3.10 bits per heavy atom. The van der Waals surface area contributed by atoms with Crippen molar-refractivity contribution in [3.8, 4) is 0 Å². The maximum Gasteiger partial charge on any atom is 0.351 e. The van der Waals surface area contributed by atoms with Gasteiger partial charge in [-0.3, -0.25) is 4.57 Å². The Kier molecular flexibility index (Phi) is 4.79. The van der Waals surface area contributed by atoms with Gasteiger partial charge in [0.25, 0.3) is 0 Å². The van der Waals surface area contributed by atoms with Crippen molar-refractivity contribution >= 4 is 5.82 Å². The van der Waals surface area contributed by atoms with E-state index >= 15 is 0 Å². The van der Waals surface area contributed by atoms with Gasteiger partial charge in [-0.25, -0.2) is 4.79 Å². The molecule has 1 aromatic heterocycles. The average molecular weight is 294 g/mol. The highest BCUT2D eigenvalue weighted by atomic mass is 16.5. The van der Waals surface area contributed by atoms with Crippen LogP contribution in [0.25, 0.3) is 10.4 Å². The van der Waals surface area contributed by atoms with E-state index < -0.39 is 24.1 Å². The molecule has 3 atom stereocenters. The molecule has 0 spiro atoms. The number of azide groups is 1. The molecule has 1 aliphatic rings. The Labute approximate surface area is 121 Å². The van der Waals surface area contributed by atoms with E-state index in [0.717, 1.165) is 5.56 Å². The summed E-state index contributed by atoms with van der Waals surface area (Å²) in [5, 5.41) is 15.9. The van der Waals surface area contributed by atoms with Crippen LogP contribution in [0.3, 0.4) is 0 Å². The summed E-state index contributed by atoms with van der Waals surface area (Å²) < 4.78 is 6.95. The summed E-state index contributed by atoms with van der Waals surface area (Å²) in [7, 11) is 0. The standard InChI is InChI=1S/C12H18N6O3/c1-3-14-11-7(2)5-18(12(20)15-11)10-4-8(16-17-13)9(6-19)21-10/h5,8-10,19H,3-4,6H2,1-2H3,(H,14,15,20). The van der Waals surface area contributed by atoms with Gasteiger partial charge in [0.1, 0.15) is 12.0 Å². The highest BCUT2D eigenvalue weighted by Gasteiger charge is 2.35. The summed E-state index contributed by atoms with van der Waals surface area (Å²) in [6.45, 7) is 4.16. The molecule has 0 saturated carbocycles. The molecule has 0 amide bonds. The van der Waals surface area contributed by atoms with E-state index in [4.69, 9.17) is 10.3 Å². The Hall–Kier alpha value is -2.09. The zero-order valence-electron chi connectivity index (χ0n) is 11.9. The van der Waals surface area contributed by atoms with Gasteiger partial charge in [0.05, 0.1) is 18.8 Å². The summed E-state index contributed by atoms with van der Waals surface area (Å²) in [6.07, 6.45) is 0.792. The predicted octanol–water partition coefficient (Wildman–Crippen LogP) is 0.942. The summed E-state index contributed by atoms with van der Waals surface area (Å²) in [4.78, 5) is 18.8. The molecule has 1 aliphatic heterocycles. The lowest BCUT2D eigenvalue weighted by molar-refractivity contribution is -0.0270. The molecule has 2 rings (SSSR count). The average Bonchev–Trinajstić information content (AvgIpc) is 2.86. The van der Waals surface area contributed by atoms with Crippen LogP contribution in [0, 0.1) is 6.92 Å². The molecule has 9 nitrogen and oxygen atoms in total. The van der Waals surface area contributed by atoms with Crippen molar-refractivity contribution < 1.29 is 9.84 Å². The number of rotatable bonds is 5. The van der Waals surface area contributed by atoms with Gasteiger partial charge in [-0.2, -0.15) is 4.98 Å². The molecular weight excluding hydrogens is 276 g/mol. The van der Waals surface area contributed by atoms with Crippen molar-refractivity contribution in [3.05, 3.63) is 32.7 Å². The van der Waals surface area contributed by atoms with E-state index in [0.29, 0.717) is 18.8 Å². The minimum absolute atomic E-state index is 0.267. The van der Waals surface area contributed by atoms with Crippen LogP contribution in [0.5, 0.6) is 0 Å². The van der Waals surface area contributed by atoms with E-state index in [-0.39, 0.29) is 6.61 Å². The van der Waals surface area contributed by atoms with Gasteiger partial charge in [0.2, 0.25) is 0 Å². The van der Waals surface area contributed by atoms with Gasteiger partial charge >= 0.3 is 5.69 Å². The lowest BCUT2D eigenvalue weighted by atomic mass is 10.1. The van der Waals surface area contributed by atoms with Crippen LogP contribution in [-0.2, 0) is 4.74 Å². The maximum atomic E-state index is 12.1. The zero-order chi connectivity index (χ0) is 15.4. The fraction of sp³-hybridized carbons (Fsp3) is 0.667. The van der Waals surface area contributed by atoms with Crippen molar-refractivity contribution in [1.29, 1.82) is 0 Å². The fourth-order valence-electron chi connectivity index (χ4n) is 2.36. The first-order valence-electron chi connectivity index (χ1n) is 6.74. The SMILES string of the molecule is CCNc1nc(=O)n(C2CC(N=[N+]=[N-])C(CO)O2)cc1C. The van der Waals surface area contributed by atoms with E-state index in [2.05, 4.69) is 20.3 Å². The number of anilines is 1. The molecule has 2 N–H and O–H groups in total.